The monoisotopic (exact) mass is 300 g/mol. The Morgan fingerprint density at radius 2 is 2.05 bits per heavy atom. The summed E-state index contributed by atoms with van der Waals surface area (Å²) >= 11 is 1.23. The van der Waals surface area contributed by atoms with E-state index < -0.39 is 5.91 Å². The predicted molar refractivity (Wildman–Crippen MR) is 79.1 cm³/mol. The molecule has 0 aliphatic rings. The van der Waals surface area contributed by atoms with Gasteiger partial charge in [0.05, 0.1) is 11.4 Å². The molecule has 3 aromatic rings. The molecule has 0 atom stereocenters. The minimum Gasteiger partial charge on any atom is -0.369 e. The summed E-state index contributed by atoms with van der Waals surface area (Å²) in [7, 11) is 0. The van der Waals surface area contributed by atoms with E-state index in [0.29, 0.717) is 16.2 Å². The minimum absolute atomic E-state index is 0.142. The molecule has 3 rings (SSSR count). The van der Waals surface area contributed by atoms with Crippen molar-refractivity contribution in [2.75, 3.05) is 5.75 Å². The van der Waals surface area contributed by atoms with Gasteiger partial charge in [-0.3, -0.25) is 4.79 Å². The Kier molecular flexibility index (Phi) is 3.53. The van der Waals surface area contributed by atoms with E-state index in [-0.39, 0.29) is 5.75 Å². The van der Waals surface area contributed by atoms with E-state index in [9.17, 15) is 4.79 Å². The molecule has 0 radical (unpaired) electrons. The maximum absolute atomic E-state index is 10.9. The summed E-state index contributed by atoms with van der Waals surface area (Å²) < 4.78 is 1.64. The zero-order chi connectivity index (χ0) is 14.8. The lowest BCUT2D eigenvalue weighted by Gasteiger charge is -2.02. The van der Waals surface area contributed by atoms with Gasteiger partial charge in [-0.05, 0) is 19.1 Å². The minimum atomic E-state index is -0.405. The summed E-state index contributed by atoms with van der Waals surface area (Å²) in [4.78, 5) is 19.2. The zero-order valence-corrected chi connectivity index (χ0v) is 12.0. The number of primary amides is 1. The highest BCUT2D eigenvalue weighted by atomic mass is 32.2. The number of thioether (sulfide) groups is 1. The first-order valence-corrected chi connectivity index (χ1v) is 7.18. The van der Waals surface area contributed by atoms with Crippen LogP contribution < -0.4 is 5.73 Å². The van der Waals surface area contributed by atoms with Crippen molar-refractivity contribution < 1.29 is 4.79 Å². The highest BCUT2D eigenvalue weighted by Crippen LogP contribution is 2.23. The van der Waals surface area contributed by atoms with E-state index in [4.69, 9.17) is 5.73 Å². The van der Waals surface area contributed by atoms with Gasteiger partial charge < -0.3 is 5.73 Å². The van der Waals surface area contributed by atoms with Crippen molar-refractivity contribution in [3.63, 3.8) is 0 Å². The summed E-state index contributed by atoms with van der Waals surface area (Å²) in [5, 5.41) is 8.82. The third-order valence-corrected chi connectivity index (χ3v) is 3.83. The number of aromatic nitrogens is 5. The van der Waals surface area contributed by atoms with Gasteiger partial charge >= 0.3 is 0 Å². The molecule has 1 aromatic carbocycles. The lowest BCUT2D eigenvalue weighted by molar-refractivity contribution is -0.115. The number of carbonyl (C=O) groups excluding carboxylic acids is 1. The number of nitrogens with zero attached hydrogens (tertiary/aromatic N) is 5. The second kappa shape index (κ2) is 5.49. The number of aryl methyl sites for hydroxylation is 1. The van der Waals surface area contributed by atoms with Crippen LogP contribution in [-0.4, -0.2) is 36.6 Å². The SMILES string of the molecule is Cc1ccc(-n2nnc3c(SCC(N)=O)ncnc32)cc1. The van der Waals surface area contributed by atoms with Crippen molar-refractivity contribution in [2.24, 2.45) is 5.73 Å². The number of rotatable bonds is 4. The van der Waals surface area contributed by atoms with Crippen LogP contribution in [0.15, 0.2) is 35.6 Å². The van der Waals surface area contributed by atoms with E-state index in [2.05, 4.69) is 20.3 Å². The molecule has 0 saturated heterocycles. The molecule has 106 valence electrons. The first-order valence-electron chi connectivity index (χ1n) is 6.19. The van der Waals surface area contributed by atoms with Crippen LogP contribution in [0.5, 0.6) is 0 Å². The molecule has 0 saturated carbocycles. The largest absolute Gasteiger partial charge is 0.369 e. The normalized spacial score (nSPS) is 10.9. The lowest BCUT2D eigenvalue weighted by Crippen LogP contribution is -2.13. The second-order valence-corrected chi connectivity index (χ2v) is 5.41. The zero-order valence-electron chi connectivity index (χ0n) is 11.2. The van der Waals surface area contributed by atoms with E-state index in [0.717, 1.165) is 11.3 Å². The quantitative estimate of drug-likeness (QED) is 0.572. The topological polar surface area (TPSA) is 99.6 Å². The summed E-state index contributed by atoms with van der Waals surface area (Å²) in [6, 6.07) is 7.88. The average Bonchev–Trinajstić information content (AvgIpc) is 2.90. The third kappa shape index (κ3) is 2.70. The first-order chi connectivity index (χ1) is 10.1. The number of amides is 1. The molecule has 0 unspecified atom stereocenters. The maximum Gasteiger partial charge on any atom is 0.227 e. The molecule has 7 nitrogen and oxygen atoms in total. The molecule has 0 aliphatic heterocycles. The van der Waals surface area contributed by atoms with Gasteiger partial charge in [0.25, 0.3) is 0 Å². The highest BCUT2D eigenvalue weighted by Gasteiger charge is 2.13. The van der Waals surface area contributed by atoms with Crippen molar-refractivity contribution in [3.05, 3.63) is 36.2 Å². The summed E-state index contributed by atoms with van der Waals surface area (Å²) in [6.45, 7) is 2.02. The maximum atomic E-state index is 10.9. The number of carbonyl (C=O) groups is 1. The molecule has 0 aliphatic carbocycles. The summed E-state index contributed by atoms with van der Waals surface area (Å²) in [5.41, 5.74) is 8.34. The lowest BCUT2D eigenvalue weighted by atomic mass is 10.2. The summed E-state index contributed by atoms with van der Waals surface area (Å²) in [6.07, 6.45) is 1.43. The van der Waals surface area contributed by atoms with Crippen LogP contribution in [-0.2, 0) is 4.79 Å². The first kappa shape index (κ1) is 13.5. The molecule has 0 fully saturated rings. The van der Waals surface area contributed by atoms with Gasteiger partial charge in [-0.2, -0.15) is 4.68 Å². The molecular formula is C13H12N6OS. The Morgan fingerprint density at radius 1 is 1.29 bits per heavy atom. The van der Waals surface area contributed by atoms with Crippen LogP contribution in [0, 0.1) is 6.92 Å². The van der Waals surface area contributed by atoms with Gasteiger partial charge in [0, 0.05) is 0 Å². The van der Waals surface area contributed by atoms with Crippen molar-refractivity contribution in [2.45, 2.75) is 11.9 Å². The van der Waals surface area contributed by atoms with Gasteiger partial charge in [-0.25, -0.2) is 9.97 Å². The van der Waals surface area contributed by atoms with Crippen molar-refractivity contribution in [1.82, 2.24) is 25.0 Å². The Bertz CT molecular complexity index is 798. The average molecular weight is 300 g/mol. The fraction of sp³-hybridized carbons (Fsp3) is 0.154. The molecule has 2 heterocycles. The molecule has 2 N–H and O–H groups in total. The van der Waals surface area contributed by atoms with Crippen LogP contribution >= 0.6 is 11.8 Å². The van der Waals surface area contributed by atoms with E-state index >= 15 is 0 Å². The van der Waals surface area contributed by atoms with Crippen molar-refractivity contribution >= 4 is 28.8 Å². The van der Waals surface area contributed by atoms with E-state index in [1.54, 1.807) is 4.68 Å². The number of nitrogens with two attached hydrogens (primary N) is 1. The summed E-state index contributed by atoms with van der Waals surface area (Å²) in [5.74, 6) is -0.263. The predicted octanol–water partition coefficient (Wildman–Crippen LogP) is 1.10. The van der Waals surface area contributed by atoms with Crippen LogP contribution in [0.1, 0.15) is 5.56 Å². The number of hydrogen-bond donors (Lipinski definition) is 1. The van der Waals surface area contributed by atoms with Gasteiger partial charge in [0.1, 0.15) is 11.4 Å². The molecule has 2 aromatic heterocycles. The van der Waals surface area contributed by atoms with Gasteiger partial charge in [-0.15, -0.1) is 5.10 Å². The van der Waals surface area contributed by atoms with Gasteiger partial charge in [0.15, 0.2) is 11.2 Å². The Hall–Kier alpha value is -2.48. The van der Waals surface area contributed by atoms with Crippen LogP contribution in [0.25, 0.3) is 16.9 Å². The molecule has 8 heteroatoms. The van der Waals surface area contributed by atoms with Gasteiger partial charge in [0.2, 0.25) is 5.91 Å². The number of hydrogen-bond acceptors (Lipinski definition) is 6. The fourth-order valence-electron chi connectivity index (χ4n) is 1.83. The number of fused-ring (bicyclic) bond motifs is 1. The van der Waals surface area contributed by atoms with E-state index in [1.807, 2.05) is 31.2 Å². The molecule has 0 spiro atoms. The number of benzene rings is 1. The Labute approximate surface area is 124 Å². The highest BCUT2D eigenvalue weighted by molar-refractivity contribution is 8.00. The molecule has 21 heavy (non-hydrogen) atoms. The van der Waals surface area contributed by atoms with Crippen LogP contribution in [0.2, 0.25) is 0 Å². The fourth-order valence-corrected chi connectivity index (χ4v) is 2.50. The molecule has 1 amide bonds. The van der Waals surface area contributed by atoms with Crippen molar-refractivity contribution in [3.8, 4) is 5.69 Å². The standard InChI is InChI=1S/C13H12N6OS/c1-8-2-4-9(5-3-8)19-12-11(17-18-19)13(16-7-15-12)21-6-10(14)20/h2-5,7H,6H2,1H3,(H2,14,20). The van der Waals surface area contributed by atoms with Crippen LogP contribution in [0.3, 0.4) is 0 Å². The molecular weight excluding hydrogens is 288 g/mol. The molecule has 0 bridgehead atoms. The Morgan fingerprint density at radius 3 is 2.76 bits per heavy atom. The van der Waals surface area contributed by atoms with Gasteiger partial charge in [-0.1, -0.05) is 34.7 Å². The Balaban J connectivity index is 2.04. The van der Waals surface area contributed by atoms with Crippen LogP contribution in [0.4, 0.5) is 0 Å². The van der Waals surface area contributed by atoms with E-state index in [1.165, 1.54) is 18.1 Å². The smallest absolute Gasteiger partial charge is 0.227 e. The second-order valence-electron chi connectivity index (χ2n) is 4.44. The third-order valence-electron chi connectivity index (χ3n) is 2.83. The van der Waals surface area contributed by atoms with Crippen molar-refractivity contribution in [1.29, 1.82) is 0 Å².